The summed E-state index contributed by atoms with van der Waals surface area (Å²) >= 11 is 0. The highest BCUT2D eigenvalue weighted by molar-refractivity contribution is 5.86. The Labute approximate surface area is 99.2 Å². The number of carbonyl (C=O) groups is 2. The minimum absolute atomic E-state index is 0.0394. The Balaban J connectivity index is 2.50. The van der Waals surface area contributed by atoms with Gasteiger partial charge in [-0.05, 0) is 13.1 Å². The van der Waals surface area contributed by atoms with Crippen LogP contribution in [0.25, 0.3) is 0 Å². The lowest BCUT2D eigenvalue weighted by Crippen LogP contribution is -2.26. The van der Waals surface area contributed by atoms with Crippen molar-refractivity contribution < 1.29 is 19.1 Å². The number of nitrogens with one attached hydrogen (secondary N) is 1. The van der Waals surface area contributed by atoms with E-state index in [0.29, 0.717) is 25.1 Å². The fourth-order valence-corrected chi connectivity index (χ4v) is 1.44. The summed E-state index contributed by atoms with van der Waals surface area (Å²) in [6, 6.07) is 1.62. The molecule has 0 saturated carbocycles. The number of furan rings is 1. The van der Waals surface area contributed by atoms with E-state index in [1.165, 1.54) is 6.26 Å². The van der Waals surface area contributed by atoms with Gasteiger partial charge in [0.15, 0.2) is 0 Å². The second-order valence-electron chi connectivity index (χ2n) is 3.74. The van der Waals surface area contributed by atoms with Gasteiger partial charge in [-0.25, -0.2) is 4.79 Å². The van der Waals surface area contributed by atoms with Gasteiger partial charge in [0.1, 0.15) is 0 Å². The molecule has 1 aromatic rings. The van der Waals surface area contributed by atoms with Crippen molar-refractivity contribution in [3.63, 3.8) is 0 Å². The number of carbonyl (C=O) groups excluding carboxylic acids is 1. The van der Waals surface area contributed by atoms with E-state index in [1.807, 2.05) is 11.9 Å². The number of aromatic carboxylic acids is 1. The molecule has 94 valence electrons. The first-order valence-corrected chi connectivity index (χ1v) is 5.23. The fourth-order valence-electron chi connectivity index (χ4n) is 1.44. The molecule has 0 saturated heterocycles. The van der Waals surface area contributed by atoms with E-state index in [1.54, 1.807) is 13.1 Å². The average Bonchev–Trinajstić information content (AvgIpc) is 2.74. The Morgan fingerprint density at radius 3 is 2.82 bits per heavy atom. The molecule has 0 unspecified atom stereocenters. The van der Waals surface area contributed by atoms with Gasteiger partial charge in [-0.15, -0.1) is 0 Å². The lowest BCUT2D eigenvalue weighted by molar-refractivity contribution is -0.120. The first kappa shape index (κ1) is 13.2. The number of rotatable bonds is 6. The zero-order valence-corrected chi connectivity index (χ0v) is 9.90. The standard InChI is InChI=1S/C11H16N2O4/c1-12-9(14)3-5-13(2)7-8-4-6-17-10(8)11(15)16/h4,6H,3,5,7H2,1-2H3,(H,12,14)(H,15,16). The predicted octanol–water partition coefficient (Wildman–Crippen LogP) is 0.546. The molecule has 1 amide bonds. The Kier molecular flexibility index (Phi) is 4.71. The van der Waals surface area contributed by atoms with Crippen LogP contribution in [0.15, 0.2) is 16.7 Å². The second-order valence-corrected chi connectivity index (χ2v) is 3.74. The zero-order valence-electron chi connectivity index (χ0n) is 9.90. The van der Waals surface area contributed by atoms with Crippen LogP contribution >= 0.6 is 0 Å². The van der Waals surface area contributed by atoms with Crippen LogP contribution < -0.4 is 5.32 Å². The van der Waals surface area contributed by atoms with Gasteiger partial charge in [0.2, 0.25) is 11.7 Å². The van der Waals surface area contributed by atoms with Crippen molar-refractivity contribution in [2.24, 2.45) is 0 Å². The summed E-state index contributed by atoms with van der Waals surface area (Å²) in [5.41, 5.74) is 0.608. The molecular weight excluding hydrogens is 224 g/mol. The van der Waals surface area contributed by atoms with E-state index in [-0.39, 0.29) is 11.7 Å². The van der Waals surface area contributed by atoms with E-state index in [0.717, 1.165) is 0 Å². The van der Waals surface area contributed by atoms with Gasteiger partial charge in [-0.1, -0.05) is 0 Å². The SMILES string of the molecule is CNC(=O)CCN(C)Cc1ccoc1C(=O)O. The van der Waals surface area contributed by atoms with E-state index in [4.69, 9.17) is 9.52 Å². The third kappa shape index (κ3) is 3.92. The van der Waals surface area contributed by atoms with E-state index < -0.39 is 5.97 Å². The number of hydrogen-bond donors (Lipinski definition) is 2. The van der Waals surface area contributed by atoms with E-state index in [2.05, 4.69) is 5.32 Å². The fraction of sp³-hybridized carbons (Fsp3) is 0.455. The maximum absolute atomic E-state index is 11.0. The number of carboxylic acids is 1. The second kappa shape index (κ2) is 6.05. The van der Waals surface area contributed by atoms with Crippen molar-refractivity contribution in [3.8, 4) is 0 Å². The molecule has 1 aromatic heterocycles. The summed E-state index contributed by atoms with van der Waals surface area (Å²) in [6.07, 6.45) is 1.73. The highest BCUT2D eigenvalue weighted by Gasteiger charge is 2.15. The molecular formula is C11H16N2O4. The number of hydrogen-bond acceptors (Lipinski definition) is 4. The number of amides is 1. The molecule has 0 aliphatic carbocycles. The minimum Gasteiger partial charge on any atom is -0.475 e. The summed E-state index contributed by atoms with van der Waals surface area (Å²) in [4.78, 5) is 23.7. The molecule has 6 nitrogen and oxygen atoms in total. The summed E-state index contributed by atoms with van der Waals surface area (Å²) in [5, 5.41) is 11.4. The highest BCUT2D eigenvalue weighted by Crippen LogP contribution is 2.12. The van der Waals surface area contributed by atoms with Crippen molar-refractivity contribution in [2.75, 3.05) is 20.6 Å². The van der Waals surface area contributed by atoms with Crippen molar-refractivity contribution in [1.29, 1.82) is 0 Å². The highest BCUT2D eigenvalue weighted by atomic mass is 16.4. The summed E-state index contributed by atoms with van der Waals surface area (Å²) in [7, 11) is 3.41. The topological polar surface area (TPSA) is 82.8 Å². The number of carboxylic acid groups (broad SMARTS) is 1. The maximum Gasteiger partial charge on any atom is 0.372 e. The van der Waals surface area contributed by atoms with Crippen LogP contribution in [0, 0.1) is 0 Å². The van der Waals surface area contributed by atoms with Gasteiger partial charge in [-0.3, -0.25) is 4.79 Å². The molecule has 6 heteroatoms. The third-order valence-electron chi connectivity index (χ3n) is 2.38. The predicted molar refractivity (Wildman–Crippen MR) is 60.7 cm³/mol. The zero-order chi connectivity index (χ0) is 12.8. The maximum atomic E-state index is 11.0. The normalized spacial score (nSPS) is 10.5. The van der Waals surface area contributed by atoms with Crippen molar-refractivity contribution in [2.45, 2.75) is 13.0 Å². The Bertz CT molecular complexity index is 400. The lowest BCUT2D eigenvalue weighted by Gasteiger charge is -2.15. The van der Waals surface area contributed by atoms with E-state index >= 15 is 0 Å². The van der Waals surface area contributed by atoms with Crippen molar-refractivity contribution >= 4 is 11.9 Å². The summed E-state index contributed by atoms with van der Waals surface area (Å²) in [6.45, 7) is 0.999. The van der Waals surface area contributed by atoms with Crippen LogP contribution in [-0.4, -0.2) is 42.5 Å². The third-order valence-corrected chi connectivity index (χ3v) is 2.38. The van der Waals surface area contributed by atoms with Gasteiger partial charge in [0, 0.05) is 32.1 Å². The van der Waals surface area contributed by atoms with Crippen LogP contribution in [0.3, 0.4) is 0 Å². The Hall–Kier alpha value is -1.82. The largest absolute Gasteiger partial charge is 0.475 e. The first-order valence-electron chi connectivity index (χ1n) is 5.23. The molecule has 0 aliphatic heterocycles. The molecule has 0 fully saturated rings. The molecule has 0 aromatic carbocycles. The Morgan fingerprint density at radius 2 is 2.24 bits per heavy atom. The van der Waals surface area contributed by atoms with Crippen LogP contribution in [0.1, 0.15) is 22.5 Å². The minimum atomic E-state index is -1.08. The average molecular weight is 240 g/mol. The van der Waals surface area contributed by atoms with Crippen LogP contribution in [-0.2, 0) is 11.3 Å². The first-order chi connectivity index (χ1) is 8.04. The van der Waals surface area contributed by atoms with Crippen molar-refractivity contribution in [1.82, 2.24) is 10.2 Å². The van der Waals surface area contributed by atoms with Crippen LogP contribution in [0.2, 0.25) is 0 Å². The Morgan fingerprint density at radius 1 is 1.53 bits per heavy atom. The quantitative estimate of drug-likeness (QED) is 0.758. The molecule has 0 atom stereocenters. The van der Waals surface area contributed by atoms with Gasteiger partial charge in [0.25, 0.3) is 0 Å². The van der Waals surface area contributed by atoms with Crippen LogP contribution in [0.5, 0.6) is 0 Å². The van der Waals surface area contributed by atoms with Crippen LogP contribution in [0.4, 0.5) is 0 Å². The molecule has 1 rings (SSSR count). The van der Waals surface area contributed by atoms with Gasteiger partial charge < -0.3 is 19.7 Å². The lowest BCUT2D eigenvalue weighted by atomic mass is 10.2. The van der Waals surface area contributed by atoms with Gasteiger partial charge in [0.05, 0.1) is 6.26 Å². The van der Waals surface area contributed by atoms with Gasteiger partial charge >= 0.3 is 5.97 Å². The molecule has 1 heterocycles. The molecule has 0 spiro atoms. The smallest absolute Gasteiger partial charge is 0.372 e. The monoisotopic (exact) mass is 240 g/mol. The van der Waals surface area contributed by atoms with Crippen molar-refractivity contribution in [3.05, 3.63) is 23.7 Å². The number of nitrogens with zero attached hydrogens (tertiary/aromatic N) is 1. The van der Waals surface area contributed by atoms with Gasteiger partial charge in [-0.2, -0.15) is 0 Å². The molecule has 0 radical (unpaired) electrons. The molecule has 0 aliphatic rings. The van der Waals surface area contributed by atoms with E-state index in [9.17, 15) is 9.59 Å². The molecule has 17 heavy (non-hydrogen) atoms. The summed E-state index contributed by atoms with van der Waals surface area (Å²) < 4.78 is 4.87. The summed E-state index contributed by atoms with van der Waals surface area (Å²) in [5.74, 6) is -1.16. The molecule has 2 N–H and O–H groups in total. The molecule has 0 bridgehead atoms.